The molecule has 10 nitrogen and oxygen atoms in total. The molecular weight excluding hydrogens is 475 g/mol. The number of anilines is 4. The molecule has 1 aliphatic rings. The Bertz CT molecular complexity index is 1320. The van der Waals surface area contributed by atoms with Gasteiger partial charge in [-0.1, -0.05) is 0 Å². The van der Waals surface area contributed by atoms with E-state index >= 15 is 0 Å². The Kier molecular flexibility index (Phi) is 7.59. The number of aromatic nitrogens is 6. The molecule has 36 heavy (non-hydrogen) atoms. The summed E-state index contributed by atoms with van der Waals surface area (Å²) >= 11 is 0. The molecule has 5 rings (SSSR count). The Morgan fingerprint density at radius 2 is 1.94 bits per heavy atom. The number of pyridine rings is 1. The van der Waals surface area contributed by atoms with E-state index in [4.69, 9.17) is 5.73 Å². The molecule has 1 fully saturated rings. The van der Waals surface area contributed by atoms with Crippen LogP contribution in [0.5, 0.6) is 0 Å². The maximum Gasteiger partial charge on any atom is 0.229 e. The van der Waals surface area contributed by atoms with E-state index in [1.807, 2.05) is 17.0 Å². The topological polar surface area (TPSA) is 131 Å². The molecule has 3 aromatic heterocycles. The Labute approximate surface area is 204 Å². The molecule has 0 radical (unpaired) electrons. The third-order valence-electron chi connectivity index (χ3n) is 5.43. The molecule has 0 spiro atoms. The first kappa shape index (κ1) is 24.9. The second-order valence-corrected chi connectivity index (χ2v) is 7.90. The third kappa shape index (κ3) is 5.68. The SMILES string of the molecule is Cn1nc(-c2ccc(N3CCC(O)C3)nc2)nc1Nc1ccc(-c2ccnc(N)n2)c(F)c1.FCF. The molecule has 1 unspecified atom stereocenters. The predicted octanol–water partition coefficient (Wildman–Crippen LogP) is 3.25. The number of aryl methyl sites for hydroxylation is 1. The summed E-state index contributed by atoms with van der Waals surface area (Å²) in [5, 5.41) is 17.2. The number of nitrogens with two attached hydrogens (primary N) is 1. The van der Waals surface area contributed by atoms with Gasteiger partial charge in [-0.05, 0) is 42.8 Å². The highest BCUT2D eigenvalue weighted by Crippen LogP contribution is 2.27. The molecular formula is C23H24F3N9O. The van der Waals surface area contributed by atoms with Crippen LogP contribution >= 0.6 is 0 Å². The monoisotopic (exact) mass is 499 g/mol. The highest BCUT2D eigenvalue weighted by atomic mass is 19.3. The summed E-state index contributed by atoms with van der Waals surface area (Å²) < 4.78 is 35.5. The van der Waals surface area contributed by atoms with Crippen molar-refractivity contribution in [1.82, 2.24) is 29.7 Å². The molecule has 1 aliphatic heterocycles. The first-order valence-corrected chi connectivity index (χ1v) is 11.0. The van der Waals surface area contributed by atoms with Gasteiger partial charge in [0.15, 0.2) is 5.82 Å². The molecule has 0 aliphatic carbocycles. The number of rotatable bonds is 5. The van der Waals surface area contributed by atoms with Crippen LogP contribution in [0.2, 0.25) is 0 Å². The van der Waals surface area contributed by atoms with E-state index in [9.17, 15) is 18.3 Å². The summed E-state index contributed by atoms with van der Waals surface area (Å²) in [6, 6.07) is 10.1. The molecule has 1 saturated heterocycles. The number of nitrogens with one attached hydrogen (secondary N) is 1. The second-order valence-electron chi connectivity index (χ2n) is 7.90. The van der Waals surface area contributed by atoms with E-state index < -0.39 is 12.7 Å². The van der Waals surface area contributed by atoms with Gasteiger partial charge in [0, 0.05) is 49.3 Å². The lowest BCUT2D eigenvalue weighted by atomic mass is 10.1. The van der Waals surface area contributed by atoms with Gasteiger partial charge in [0.25, 0.3) is 0 Å². The van der Waals surface area contributed by atoms with Crippen molar-refractivity contribution >= 4 is 23.4 Å². The summed E-state index contributed by atoms with van der Waals surface area (Å²) in [7, 11) is 1.75. The van der Waals surface area contributed by atoms with Crippen LogP contribution < -0.4 is 16.0 Å². The van der Waals surface area contributed by atoms with Gasteiger partial charge in [0.2, 0.25) is 18.8 Å². The van der Waals surface area contributed by atoms with Crippen molar-refractivity contribution in [2.24, 2.45) is 7.05 Å². The average Bonchev–Trinajstić information content (AvgIpc) is 3.45. The first-order valence-electron chi connectivity index (χ1n) is 11.0. The largest absolute Gasteiger partial charge is 0.391 e. The van der Waals surface area contributed by atoms with Crippen LogP contribution in [-0.2, 0) is 7.05 Å². The minimum atomic E-state index is -1.75. The Morgan fingerprint density at radius 3 is 2.58 bits per heavy atom. The fourth-order valence-corrected chi connectivity index (χ4v) is 3.72. The van der Waals surface area contributed by atoms with Crippen LogP contribution in [0.3, 0.4) is 0 Å². The lowest BCUT2D eigenvalue weighted by Crippen LogP contribution is -2.21. The van der Waals surface area contributed by atoms with E-state index in [1.165, 1.54) is 12.3 Å². The van der Waals surface area contributed by atoms with E-state index in [-0.39, 0.29) is 12.1 Å². The predicted molar refractivity (Wildman–Crippen MR) is 129 cm³/mol. The summed E-state index contributed by atoms with van der Waals surface area (Å²) in [5.74, 6) is 1.39. The van der Waals surface area contributed by atoms with Crippen LogP contribution in [0.25, 0.3) is 22.6 Å². The molecule has 13 heteroatoms. The number of halogens is 3. The number of alkyl halides is 2. The number of hydrogen-bond acceptors (Lipinski definition) is 9. The molecule has 4 N–H and O–H groups in total. The smallest absolute Gasteiger partial charge is 0.229 e. The van der Waals surface area contributed by atoms with Crippen LogP contribution in [0.15, 0.2) is 48.8 Å². The molecule has 0 saturated carbocycles. The Balaban J connectivity index is 0.000000967. The fourth-order valence-electron chi connectivity index (χ4n) is 3.72. The lowest BCUT2D eigenvalue weighted by Gasteiger charge is -2.16. The highest BCUT2D eigenvalue weighted by molar-refractivity contribution is 5.66. The summed E-state index contributed by atoms with van der Waals surface area (Å²) in [4.78, 5) is 18.9. The Morgan fingerprint density at radius 1 is 1.14 bits per heavy atom. The van der Waals surface area contributed by atoms with Gasteiger partial charge >= 0.3 is 0 Å². The van der Waals surface area contributed by atoms with Gasteiger partial charge in [0.1, 0.15) is 11.6 Å². The van der Waals surface area contributed by atoms with Crippen LogP contribution in [0.1, 0.15) is 6.42 Å². The van der Waals surface area contributed by atoms with Crippen molar-refractivity contribution in [3.8, 4) is 22.6 Å². The van der Waals surface area contributed by atoms with E-state index in [0.717, 1.165) is 24.3 Å². The standard InChI is InChI=1S/C22H22FN9O.CH2F2/c1-31-22(27-14-3-4-16(17(23)10-14)18-6-8-25-21(24)28-18)29-20(30-31)13-2-5-19(26-11-13)32-9-7-15(33)12-32;2-1-3/h2-6,8,10-11,15,33H,7,9,12H2,1H3,(H2,24,25,28)(H,27,29,30);1H2. The quantitative estimate of drug-likeness (QED) is 0.379. The number of nitrogen functional groups attached to an aromatic ring is 1. The average molecular weight is 500 g/mol. The molecule has 4 heterocycles. The van der Waals surface area contributed by atoms with E-state index in [2.05, 4.69) is 30.4 Å². The number of aliphatic hydroxyl groups excluding tert-OH is 1. The zero-order valence-electron chi connectivity index (χ0n) is 19.3. The second kappa shape index (κ2) is 11.0. The lowest BCUT2D eigenvalue weighted by molar-refractivity contribution is 0.198. The maximum atomic E-state index is 14.7. The van der Waals surface area contributed by atoms with Gasteiger partial charge in [-0.25, -0.2) is 32.8 Å². The number of nitrogens with zero attached hydrogens (tertiary/aromatic N) is 7. The minimum absolute atomic E-state index is 0.0845. The number of β-amino-alcohol motifs (C(OH)–C–C–N with tert-alkyl or cyclic N) is 1. The zero-order chi connectivity index (χ0) is 25.7. The van der Waals surface area contributed by atoms with Crippen LogP contribution in [0, 0.1) is 5.82 Å². The fraction of sp³-hybridized carbons (Fsp3) is 0.261. The number of benzene rings is 1. The van der Waals surface area contributed by atoms with E-state index in [0.29, 0.717) is 35.3 Å². The van der Waals surface area contributed by atoms with Crippen molar-refractivity contribution in [3.05, 3.63) is 54.6 Å². The summed E-state index contributed by atoms with van der Waals surface area (Å²) in [6.45, 7) is -0.383. The van der Waals surface area contributed by atoms with Gasteiger partial charge in [-0.3, -0.25) is 0 Å². The van der Waals surface area contributed by atoms with Gasteiger partial charge < -0.3 is 21.1 Å². The molecule has 1 atom stereocenters. The van der Waals surface area contributed by atoms with Crippen molar-refractivity contribution in [1.29, 1.82) is 0 Å². The van der Waals surface area contributed by atoms with Crippen molar-refractivity contribution in [2.75, 3.05) is 36.0 Å². The molecule has 0 amide bonds. The first-order chi connectivity index (χ1) is 17.4. The normalized spacial score (nSPS) is 14.9. The summed E-state index contributed by atoms with van der Waals surface area (Å²) in [6.07, 6.45) is 3.63. The maximum absolute atomic E-state index is 14.7. The van der Waals surface area contributed by atoms with Crippen molar-refractivity contribution in [2.45, 2.75) is 12.5 Å². The van der Waals surface area contributed by atoms with Crippen molar-refractivity contribution in [3.63, 3.8) is 0 Å². The Hall–Kier alpha value is -4.26. The molecule has 1 aromatic carbocycles. The van der Waals surface area contributed by atoms with Crippen molar-refractivity contribution < 1.29 is 18.3 Å². The third-order valence-corrected chi connectivity index (χ3v) is 5.43. The zero-order valence-corrected chi connectivity index (χ0v) is 19.3. The van der Waals surface area contributed by atoms with Crippen LogP contribution in [-0.4, -0.2) is 60.9 Å². The summed E-state index contributed by atoms with van der Waals surface area (Å²) in [5.41, 5.74) is 7.60. The van der Waals surface area contributed by atoms with Crippen LogP contribution in [0.4, 0.5) is 36.6 Å². The van der Waals surface area contributed by atoms with Gasteiger partial charge in [-0.2, -0.15) is 4.98 Å². The highest BCUT2D eigenvalue weighted by Gasteiger charge is 2.21. The van der Waals surface area contributed by atoms with Gasteiger partial charge in [-0.15, -0.1) is 5.10 Å². The molecule has 188 valence electrons. The van der Waals surface area contributed by atoms with E-state index in [1.54, 1.807) is 36.1 Å². The molecule has 4 aromatic rings. The number of hydrogen-bond donors (Lipinski definition) is 3. The van der Waals surface area contributed by atoms with Gasteiger partial charge in [0.05, 0.1) is 11.8 Å². The minimum Gasteiger partial charge on any atom is -0.391 e. The molecule has 0 bridgehead atoms. The number of aliphatic hydroxyl groups is 1.